The molecular weight excluding hydrogens is 378 g/mol. The number of hydrogen-bond donors (Lipinski definition) is 2. The summed E-state index contributed by atoms with van der Waals surface area (Å²) in [6, 6.07) is 15.5. The van der Waals surface area contributed by atoms with Gasteiger partial charge in [0, 0.05) is 22.0 Å². The summed E-state index contributed by atoms with van der Waals surface area (Å²) in [5.41, 5.74) is 5.31. The number of aromatic nitrogens is 1. The summed E-state index contributed by atoms with van der Waals surface area (Å²) in [5.74, 6) is -0.199. The Bertz CT molecular complexity index is 924. The van der Waals surface area contributed by atoms with Crippen LogP contribution in [0.5, 0.6) is 0 Å². The Hall–Kier alpha value is -2.66. The van der Waals surface area contributed by atoms with E-state index in [-0.39, 0.29) is 5.91 Å². The highest BCUT2D eigenvalue weighted by atomic mass is 79.9. The highest BCUT2D eigenvalue weighted by Gasteiger charge is 2.09. The van der Waals surface area contributed by atoms with Crippen LogP contribution in [-0.4, -0.2) is 10.9 Å². The van der Waals surface area contributed by atoms with Crippen molar-refractivity contribution < 1.29 is 4.79 Å². The summed E-state index contributed by atoms with van der Waals surface area (Å²) in [4.78, 5) is 16.6. The molecule has 1 heterocycles. The minimum absolute atomic E-state index is 0.199. The molecule has 1 aromatic heterocycles. The first-order valence-corrected chi connectivity index (χ1v) is 8.67. The van der Waals surface area contributed by atoms with Gasteiger partial charge in [-0.15, -0.1) is 0 Å². The molecule has 0 atom stereocenters. The average molecular weight is 396 g/mol. The molecule has 0 saturated carbocycles. The van der Waals surface area contributed by atoms with Crippen molar-refractivity contribution in [2.75, 3.05) is 10.6 Å². The third kappa shape index (κ3) is 4.45. The molecule has 5 heteroatoms. The van der Waals surface area contributed by atoms with Crippen molar-refractivity contribution in [3.05, 3.63) is 82.1 Å². The predicted molar refractivity (Wildman–Crippen MR) is 106 cm³/mol. The lowest BCUT2D eigenvalue weighted by Gasteiger charge is -2.11. The lowest BCUT2D eigenvalue weighted by atomic mass is 10.1. The van der Waals surface area contributed by atoms with Gasteiger partial charge < -0.3 is 10.6 Å². The minimum Gasteiger partial charge on any atom is -0.354 e. The van der Waals surface area contributed by atoms with Crippen LogP contribution in [0.2, 0.25) is 0 Å². The van der Waals surface area contributed by atoms with Gasteiger partial charge in [-0.2, -0.15) is 0 Å². The summed E-state index contributed by atoms with van der Waals surface area (Å²) in [7, 11) is 0. The number of hydrogen-bond acceptors (Lipinski definition) is 3. The molecule has 0 unspecified atom stereocenters. The SMILES string of the molecule is Cc1ccc(C)c(Nc2cncc(C(=O)Nc3cccc(Br)c3)c2)c1. The monoisotopic (exact) mass is 395 g/mol. The largest absolute Gasteiger partial charge is 0.354 e. The molecule has 0 spiro atoms. The first-order chi connectivity index (χ1) is 12.0. The highest BCUT2D eigenvalue weighted by molar-refractivity contribution is 9.10. The third-order valence-electron chi connectivity index (χ3n) is 3.76. The lowest BCUT2D eigenvalue weighted by Crippen LogP contribution is -2.12. The van der Waals surface area contributed by atoms with Crippen LogP contribution in [0.4, 0.5) is 17.1 Å². The molecule has 2 N–H and O–H groups in total. The maximum absolute atomic E-state index is 12.5. The Morgan fingerprint density at radius 3 is 2.64 bits per heavy atom. The van der Waals surface area contributed by atoms with E-state index in [9.17, 15) is 4.79 Å². The van der Waals surface area contributed by atoms with Crippen molar-refractivity contribution in [1.29, 1.82) is 0 Å². The quantitative estimate of drug-likeness (QED) is 0.616. The van der Waals surface area contributed by atoms with Gasteiger partial charge in [0.15, 0.2) is 0 Å². The van der Waals surface area contributed by atoms with Gasteiger partial charge in [-0.25, -0.2) is 0 Å². The molecule has 0 aliphatic carbocycles. The summed E-state index contributed by atoms with van der Waals surface area (Å²) in [6.45, 7) is 4.09. The zero-order valence-electron chi connectivity index (χ0n) is 14.0. The fourth-order valence-electron chi connectivity index (χ4n) is 2.43. The van der Waals surface area contributed by atoms with Gasteiger partial charge in [-0.1, -0.05) is 34.1 Å². The van der Waals surface area contributed by atoms with Crippen molar-refractivity contribution in [3.63, 3.8) is 0 Å². The minimum atomic E-state index is -0.199. The summed E-state index contributed by atoms with van der Waals surface area (Å²) >= 11 is 3.40. The fourth-order valence-corrected chi connectivity index (χ4v) is 2.83. The second-order valence-electron chi connectivity index (χ2n) is 5.87. The Labute approximate surface area is 155 Å². The second kappa shape index (κ2) is 7.49. The molecule has 1 amide bonds. The van der Waals surface area contributed by atoms with E-state index in [1.165, 1.54) is 5.56 Å². The van der Waals surface area contributed by atoms with Crippen molar-refractivity contribution in [3.8, 4) is 0 Å². The van der Waals surface area contributed by atoms with E-state index in [1.54, 1.807) is 18.5 Å². The van der Waals surface area contributed by atoms with Crippen LogP contribution in [0, 0.1) is 13.8 Å². The van der Waals surface area contributed by atoms with Crippen LogP contribution < -0.4 is 10.6 Å². The van der Waals surface area contributed by atoms with Gasteiger partial charge in [-0.3, -0.25) is 9.78 Å². The van der Waals surface area contributed by atoms with Gasteiger partial charge in [-0.05, 0) is 55.3 Å². The topological polar surface area (TPSA) is 54.0 Å². The summed E-state index contributed by atoms with van der Waals surface area (Å²) in [5, 5.41) is 6.21. The summed E-state index contributed by atoms with van der Waals surface area (Å²) < 4.78 is 0.911. The van der Waals surface area contributed by atoms with Crippen molar-refractivity contribution in [1.82, 2.24) is 4.98 Å². The van der Waals surface area contributed by atoms with Gasteiger partial charge in [0.25, 0.3) is 5.91 Å². The molecule has 0 saturated heterocycles. The van der Waals surface area contributed by atoms with Crippen molar-refractivity contribution in [2.45, 2.75) is 13.8 Å². The zero-order chi connectivity index (χ0) is 17.8. The molecule has 25 heavy (non-hydrogen) atoms. The predicted octanol–water partition coefficient (Wildman–Crippen LogP) is 5.46. The van der Waals surface area contributed by atoms with Gasteiger partial charge >= 0.3 is 0 Å². The second-order valence-corrected chi connectivity index (χ2v) is 6.79. The average Bonchev–Trinajstić information content (AvgIpc) is 2.58. The normalized spacial score (nSPS) is 10.4. The smallest absolute Gasteiger partial charge is 0.257 e. The lowest BCUT2D eigenvalue weighted by molar-refractivity contribution is 0.102. The van der Waals surface area contributed by atoms with Crippen LogP contribution in [0.25, 0.3) is 0 Å². The number of nitrogens with zero attached hydrogens (tertiary/aromatic N) is 1. The number of benzene rings is 2. The molecule has 3 aromatic rings. The van der Waals surface area contributed by atoms with Crippen molar-refractivity contribution in [2.24, 2.45) is 0 Å². The fraction of sp³-hybridized carbons (Fsp3) is 0.100. The standard InChI is InChI=1S/C20H18BrN3O/c1-13-6-7-14(2)19(8-13)23-18-9-15(11-22-12-18)20(25)24-17-5-3-4-16(21)10-17/h3-12,23H,1-2H3,(H,24,25). The van der Waals surface area contributed by atoms with E-state index in [0.717, 1.165) is 27.1 Å². The molecule has 0 aliphatic rings. The first-order valence-electron chi connectivity index (χ1n) is 7.87. The van der Waals surface area contributed by atoms with Crippen LogP contribution in [0.1, 0.15) is 21.5 Å². The molecule has 4 nitrogen and oxygen atoms in total. The zero-order valence-corrected chi connectivity index (χ0v) is 15.6. The number of amides is 1. The van der Waals surface area contributed by atoms with E-state index in [1.807, 2.05) is 38.1 Å². The summed E-state index contributed by atoms with van der Waals surface area (Å²) in [6.07, 6.45) is 3.26. The number of pyridine rings is 1. The van der Waals surface area contributed by atoms with Crippen molar-refractivity contribution >= 4 is 38.9 Å². The Morgan fingerprint density at radius 1 is 1.00 bits per heavy atom. The molecule has 126 valence electrons. The maximum Gasteiger partial charge on any atom is 0.257 e. The first kappa shape index (κ1) is 17.2. The van der Waals surface area contributed by atoms with Gasteiger partial charge in [0.1, 0.15) is 0 Å². The highest BCUT2D eigenvalue weighted by Crippen LogP contribution is 2.22. The van der Waals surface area contributed by atoms with E-state index in [0.29, 0.717) is 5.56 Å². The Kier molecular flexibility index (Phi) is 5.14. The number of carbonyl (C=O) groups excluding carboxylic acids is 1. The molecule has 0 radical (unpaired) electrons. The van der Waals surface area contributed by atoms with Crippen LogP contribution in [0.15, 0.2) is 65.4 Å². The van der Waals surface area contributed by atoms with E-state index in [4.69, 9.17) is 0 Å². The maximum atomic E-state index is 12.5. The molecule has 3 rings (SSSR count). The number of aryl methyl sites for hydroxylation is 2. The van der Waals surface area contributed by atoms with Crippen LogP contribution >= 0.6 is 15.9 Å². The number of nitrogens with one attached hydrogen (secondary N) is 2. The van der Waals surface area contributed by atoms with Crippen LogP contribution in [-0.2, 0) is 0 Å². The molecule has 0 bridgehead atoms. The number of halogens is 1. The molecule has 2 aromatic carbocycles. The number of anilines is 3. The number of carbonyl (C=O) groups is 1. The van der Waals surface area contributed by atoms with Gasteiger partial charge in [0.05, 0.1) is 17.4 Å². The van der Waals surface area contributed by atoms with E-state index >= 15 is 0 Å². The van der Waals surface area contributed by atoms with Gasteiger partial charge in [0.2, 0.25) is 0 Å². The Morgan fingerprint density at radius 2 is 1.84 bits per heavy atom. The Balaban J connectivity index is 1.79. The molecule has 0 fully saturated rings. The van der Waals surface area contributed by atoms with E-state index in [2.05, 4.69) is 49.7 Å². The van der Waals surface area contributed by atoms with Crippen LogP contribution in [0.3, 0.4) is 0 Å². The molecule has 0 aliphatic heterocycles. The number of rotatable bonds is 4. The van der Waals surface area contributed by atoms with E-state index < -0.39 is 0 Å². The molecular formula is C20H18BrN3O. The third-order valence-corrected chi connectivity index (χ3v) is 4.25.